The molecule has 10 heteroatoms. The Hall–Kier alpha value is -2.30. The average Bonchev–Trinajstić information content (AvgIpc) is 3.11. The minimum Gasteiger partial charge on any atom is -0.326 e. The first kappa shape index (κ1) is 22.4. The fourth-order valence-electron chi connectivity index (χ4n) is 3.48. The maximum absolute atomic E-state index is 12.5. The molecule has 0 unspecified atom stereocenters. The molecular weight excluding hydrogens is 424 g/mol. The van der Waals surface area contributed by atoms with E-state index < -0.39 is 10.0 Å². The number of benzene rings is 1. The summed E-state index contributed by atoms with van der Waals surface area (Å²) in [4.78, 5) is 28.8. The highest BCUT2D eigenvalue weighted by Gasteiger charge is 2.27. The molecule has 1 aromatic heterocycles. The predicted molar refractivity (Wildman–Crippen MR) is 117 cm³/mol. The quantitative estimate of drug-likeness (QED) is 0.599. The summed E-state index contributed by atoms with van der Waals surface area (Å²) in [7, 11) is -3.62. The van der Waals surface area contributed by atoms with E-state index in [0.717, 1.165) is 30.6 Å². The summed E-state index contributed by atoms with van der Waals surface area (Å²) >= 11 is 1.45. The van der Waals surface area contributed by atoms with Crippen molar-refractivity contribution in [2.45, 2.75) is 44.4 Å². The van der Waals surface area contributed by atoms with Crippen LogP contribution in [0.5, 0.6) is 0 Å². The Morgan fingerprint density at radius 2 is 1.77 bits per heavy atom. The average molecular weight is 451 g/mol. The Morgan fingerprint density at radius 3 is 2.33 bits per heavy atom. The number of amides is 2. The number of aromatic nitrogens is 1. The van der Waals surface area contributed by atoms with E-state index >= 15 is 0 Å². The van der Waals surface area contributed by atoms with Crippen molar-refractivity contribution in [3.8, 4) is 0 Å². The van der Waals surface area contributed by atoms with Crippen molar-refractivity contribution in [2.75, 3.05) is 17.2 Å². The zero-order chi connectivity index (χ0) is 21.7. The molecule has 0 radical (unpaired) electrons. The first-order valence-corrected chi connectivity index (χ1v) is 12.1. The number of aryl methyl sites for hydroxylation is 1. The standard InChI is InChI=1S/C20H26N4O4S2/c1-13-11-21-20(29-13)24-19(26)16-5-3-15(4-6-16)12-22-30(27,28)18-9-7-17(8-10-18)23-14(2)25/h7-11,15-16,22H,3-6,12H2,1-2H3,(H,23,25)(H,21,24,26). The Bertz CT molecular complexity index is 994. The first-order valence-electron chi connectivity index (χ1n) is 9.83. The van der Waals surface area contributed by atoms with Crippen LogP contribution in [0.2, 0.25) is 0 Å². The van der Waals surface area contributed by atoms with Crippen molar-refractivity contribution in [3.05, 3.63) is 35.3 Å². The van der Waals surface area contributed by atoms with Crippen LogP contribution >= 0.6 is 11.3 Å². The molecule has 2 aromatic rings. The second-order valence-corrected chi connectivity index (χ2v) is 10.5. The number of hydrogen-bond acceptors (Lipinski definition) is 6. The molecule has 8 nitrogen and oxygen atoms in total. The zero-order valence-corrected chi connectivity index (χ0v) is 18.6. The number of rotatable bonds is 7. The summed E-state index contributed by atoms with van der Waals surface area (Å²) in [5, 5.41) is 6.10. The minimum absolute atomic E-state index is 0.0114. The van der Waals surface area contributed by atoms with Gasteiger partial charge in [-0.15, -0.1) is 11.3 Å². The Morgan fingerprint density at radius 1 is 1.10 bits per heavy atom. The van der Waals surface area contributed by atoms with Gasteiger partial charge >= 0.3 is 0 Å². The maximum atomic E-state index is 12.5. The van der Waals surface area contributed by atoms with Gasteiger partial charge in [0, 0.05) is 36.1 Å². The van der Waals surface area contributed by atoms with Crippen LogP contribution in [0.3, 0.4) is 0 Å². The van der Waals surface area contributed by atoms with Gasteiger partial charge in [0.1, 0.15) is 0 Å². The second kappa shape index (κ2) is 9.67. The van der Waals surface area contributed by atoms with E-state index in [2.05, 4.69) is 20.3 Å². The molecule has 1 aromatic carbocycles. The van der Waals surface area contributed by atoms with Crippen LogP contribution in [0.1, 0.15) is 37.5 Å². The van der Waals surface area contributed by atoms with Crippen LogP contribution in [0, 0.1) is 18.8 Å². The monoisotopic (exact) mass is 450 g/mol. The largest absolute Gasteiger partial charge is 0.326 e. The summed E-state index contributed by atoms with van der Waals surface area (Å²) < 4.78 is 27.7. The predicted octanol–water partition coefficient (Wildman–Crippen LogP) is 3.13. The van der Waals surface area contributed by atoms with E-state index in [1.54, 1.807) is 18.3 Å². The number of hydrogen-bond donors (Lipinski definition) is 3. The van der Waals surface area contributed by atoms with E-state index in [1.165, 1.54) is 30.4 Å². The van der Waals surface area contributed by atoms with E-state index in [0.29, 0.717) is 17.4 Å². The molecule has 1 heterocycles. The fraction of sp³-hybridized carbons (Fsp3) is 0.450. The third-order valence-corrected chi connectivity index (χ3v) is 7.38. The topological polar surface area (TPSA) is 117 Å². The maximum Gasteiger partial charge on any atom is 0.240 e. The number of sulfonamides is 1. The molecule has 1 fully saturated rings. The minimum atomic E-state index is -3.62. The molecule has 0 spiro atoms. The second-order valence-electron chi connectivity index (χ2n) is 7.54. The van der Waals surface area contributed by atoms with Crippen LogP contribution in [0.25, 0.3) is 0 Å². The summed E-state index contributed by atoms with van der Waals surface area (Å²) in [6, 6.07) is 6.05. The van der Waals surface area contributed by atoms with Crippen molar-refractivity contribution in [1.82, 2.24) is 9.71 Å². The third-order valence-electron chi connectivity index (χ3n) is 5.12. The summed E-state index contributed by atoms with van der Waals surface area (Å²) in [6.45, 7) is 3.68. The number of nitrogens with one attached hydrogen (secondary N) is 3. The highest BCUT2D eigenvalue weighted by molar-refractivity contribution is 7.89. The van der Waals surface area contributed by atoms with Crippen LogP contribution in [0.15, 0.2) is 35.4 Å². The fourth-order valence-corrected chi connectivity index (χ4v) is 5.26. The van der Waals surface area contributed by atoms with E-state index in [4.69, 9.17) is 0 Å². The number of carbonyl (C=O) groups excluding carboxylic acids is 2. The van der Waals surface area contributed by atoms with Gasteiger partial charge in [-0.2, -0.15) is 0 Å². The molecule has 1 saturated carbocycles. The molecule has 1 aliphatic carbocycles. The lowest BCUT2D eigenvalue weighted by Gasteiger charge is -2.27. The van der Waals surface area contributed by atoms with Gasteiger partial charge in [-0.1, -0.05) is 0 Å². The van der Waals surface area contributed by atoms with Crippen molar-refractivity contribution in [3.63, 3.8) is 0 Å². The first-order chi connectivity index (χ1) is 14.2. The molecule has 3 rings (SSSR count). The molecule has 2 amide bonds. The molecule has 0 atom stereocenters. The molecule has 0 aliphatic heterocycles. The smallest absolute Gasteiger partial charge is 0.240 e. The summed E-state index contributed by atoms with van der Waals surface area (Å²) in [6.07, 6.45) is 4.77. The van der Waals surface area contributed by atoms with E-state index in [-0.39, 0.29) is 28.5 Å². The molecule has 3 N–H and O–H groups in total. The van der Waals surface area contributed by atoms with Crippen LogP contribution in [-0.4, -0.2) is 31.8 Å². The molecule has 30 heavy (non-hydrogen) atoms. The molecule has 0 bridgehead atoms. The van der Waals surface area contributed by atoms with Gasteiger partial charge in [0.05, 0.1) is 4.90 Å². The van der Waals surface area contributed by atoms with Crippen LogP contribution in [0.4, 0.5) is 10.8 Å². The molecule has 0 saturated heterocycles. The number of nitrogens with zero attached hydrogens (tertiary/aromatic N) is 1. The van der Waals surface area contributed by atoms with Gasteiger partial charge in [-0.05, 0) is 62.8 Å². The summed E-state index contributed by atoms with van der Waals surface area (Å²) in [5.74, 6) is -0.0922. The Kier molecular flexibility index (Phi) is 7.22. The van der Waals surface area contributed by atoms with E-state index in [9.17, 15) is 18.0 Å². The highest BCUT2D eigenvalue weighted by atomic mass is 32.2. The van der Waals surface area contributed by atoms with Gasteiger partial charge < -0.3 is 10.6 Å². The number of anilines is 2. The lowest BCUT2D eigenvalue weighted by atomic mass is 9.81. The van der Waals surface area contributed by atoms with Gasteiger partial charge in [0.2, 0.25) is 21.8 Å². The van der Waals surface area contributed by atoms with Gasteiger partial charge in [0.15, 0.2) is 5.13 Å². The molecular formula is C20H26N4O4S2. The van der Waals surface area contributed by atoms with Crippen molar-refractivity contribution >= 4 is 44.0 Å². The normalized spacial score (nSPS) is 19.3. The number of thiazole rings is 1. The van der Waals surface area contributed by atoms with Crippen molar-refractivity contribution in [2.24, 2.45) is 11.8 Å². The highest BCUT2D eigenvalue weighted by Crippen LogP contribution is 2.30. The third kappa shape index (κ3) is 6.10. The zero-order valence-electron chi connectivity index (χ0n) is 17.0. The van der Waals surface area contributed by atoms with Gasteiger partial charge in [-0.25, -0.2) is 18.1 Å². The Labute approximate surface area is 180 Å². The number of carbonyl (C=O) groups is 2. The molecule has 162 valence electrons. The summed E-state index contributed by atoms with van der Waals surface area (Å²) in [5.41, 5.74) is 0.547. The van der Waals surface area contributed by atoms with Gasteiger partial charge in [0.25, 0.3) is 0 Å². The Balaban J connectivity index is 1.46. The van der Waals surface area contributed by atoms with Crippen molar-refractivity contribution < 1.29 is 18.0 Å². The van der Waals surface area contributed by atoms with E-state index in [1.807, 2.05) is 6.92 Å². The van der Waals surface area contributed by atoms with Crippen LogP contribution in [-0.2, 0) is 19.6 Å². The van der Waals surface area contributed by atoms with Crippen molar-refractivity contribution in [1.29, 1.82) is 0 Å². The SMILES string of the molecule is CC(=O)Nc1ccc(S(=O)(=O)NCC2CCC(C(=O)Nc3ncc(C)s3)CC2)cc1. The molecule has 1 aliphatic rings. The lowest BCUT2D eigenvalue weighted by Crippen LogP contribution is -2.33. The van der Waals surface area contributed by atoms with Crippen LogP contribution < -0.4 is 15.4 Å². The lowest BCUT2D eigenvalue weighted by molar-refractivity contribution is -0.121. The van der Waals surface area contributed by atoms with Gasteiger partial charge in [-0.3, -0.25) is 9.59 Å².